The zero-order valence-electron chi connectivity index (χ0n) is 11.7. The summed E-state index contributed by atoms with van der Waals surface area (Å²) in [5, 5.41) is 11.6. The van der Waals surface area contributed by atoms with E-state index in [1.54, 1.807) is 6.92 Å². The Labute approximate surface area is 121 Å². The number of likely N-dealkylation sites (N-methyl/N-ethyl adjacent to an activating group) is 1. The number of carboxylic acids is 1. The van der Waals surface area contributed by atoms with E-state index in [0.29, 0.717) is 11.4 Å². The number of carbonyl (C=O) groups is 3. The first kappa shape index (κ1) is 16.2. The normalized spacial score (nSPS) is 10.4. The lowest BCUT2D eigenvalue weighted by atomic mass is 10.3. The van der Waals surface area contributed by atoms with Crippen molar-refractivity contribution in [1.82, 2.24) is 10.2 Å². The van der Waals surface area contributed by atoms with Crippen molar-refractivity contribution in [3.05, 3.63) is 21.9 Å². The molecule has 0 aromatic carbocycles. The highest BCUT2D eigenvalue weighted by Gasteiger charge is 2.20. The van der Waals surface area contributed by atoms with E-state index in [1.807, 2.05) is 13.8 Å². The van der Waals surface area contributed by atoms with Gasteiger partial charge in [-0.2, -0.15) is 0 Å². The van der Waals surface area contributed by atoms with Gasteiger partial charge in [0.1, 0.15) is 4.88 Å². The molecule has 0 saturated heterocycles. The Morgan fingerprint density at radius 2 is 1.90 bits per heavy atom. The predicted molar refractivity (Wildman–Crippen MR) is 76.1 cm³/mol. The summed E-state index contributed by atoms with van der Waals surface area (Å²) in [7, 11) is 0. The molecular weight excluding hydrogens is 280 g/mol. The zero-order valence-corrected chi connectivity index (χ0v) is 12.5. The maximum Gasteiger partial charge on any atom is 0.345 e. The van der Waals surface area contributed by atoms with Crippen LogP contribution in [-0.4, -0.2) is 46.9 Å². The van der Waals surface area contributed by atoms with Crippen molar-refractivity contribution in [3.8, 4) is 0 Å². The number of nitrogens with zero attached hydrogens (tertiary/aromatic N) is 1. The second kappa shape index (κ2) is 7.04. The SMILES string of the molecule is CCN(CC(=O)NC(C)C)C(=O)c1ccc(C(=O)O)s1. The van der Waals surface area contributed by atoms with Gasteiger partial charge in [0.25, 0.3) is 5.91 Å². The van der Waals surface area contributed by atoms with Crippen molar-refractivity contribution in [2.45, 2.75) is 26.8 Å². The standard InChI is InChI=1S/C13H18N2O4S/c1-4-15(7-11(16)14-8(2)3)12(17)9-5-6-10(20-9)13(18)19/h5-6,8H,4,7H2,1-3H3,(H,14,16)(H,18,19). The highest BCUT2D eigenvalue weighted by molar-refractivity contribution is 7.15. The number of carbonyl (C=O) groups excluding carboxylic acids is 2. The molecule has 0 bridgehead atoms. The average Bonchev–Trinajstić information content (AvgIpc) is 2.83. The Bertz CT molecular complexity index is 510. The van der Waals surface area contributed by atoms with Crippen LogP contribution in [0.25, 0.3) is 0 Å². The van der Waals surface area contributed by atoms with E-state index >= 15 is 0 Å². The molecule has 0 saturated carbocycles. The lowest BCUT2D eigenvalue weighted by molar-refractivity contribution is -0.122. The smallest absolute Gasteiger partial charge is 0.345 e. The van der Waals surface area contributed by atoms with Crippen LogP contribution in [0.4, 0.5) is 0 Å². The number of nitrogens with one attached hydrogen (secondary N) is 1. The minimum Gasteiger partial charge on any atom is -0.477 e. The summed E-state index contributed by atoms with van der Waals surface area (Å²) < 4.78 is 0. The third kappa shape index (κ3) is 4.34. The Morgan fingerprint density at radius 3 is 2.35 bits per heavy atom. The molecule has 0 aliphatic heterocycles. The van der Waals surface area contributed by atoms with Gasteiger partial charge < -0.3 is 15.3 Å². The third-order valence-electron chi connectivity index (χ3n) is 2.48. The molecule has 6 nitrogen and oxygen atoms in total. The molecule has 0 aliphatic carbocycles. The molecule has 1 rings (SSSR count). The van der Waals surface area contributed by atoms with Gasteiger partial charge in [-0.3, -0.25) is 9.59 Å². The van der Waals surface area contributed by atoms with Crippen LogP contribution in [0.5, 0.6) is 0 Å². The number of aromatic carboxylic acids is 1. The first-order chi connectivity index (χ1) is 9.35. The molecular formula is C13H18N2O4S. The van der Waals surface area contributed by atoms with Gasteiger partial charge >= 0.3 is 5.97 Å². The Kier molecular flexibility index (Phi) is 5.69. The van der Waals surface area contributed by atoms with E-state index in [4.69, 9.17) is 5.11 Å². The van der Waals surface area contributed by atoms with Gasteiger partial charge in [0, 0.05) is 12.6 Å². The lowest BCUT2D eigenvalue weighted by Crippen LogP contribution is -2.42. The van der Waals surface area contributed by atoms with Crippen molar-refractivity contribution in [1.29, 1.82) is 0 Å². The minimum atomic E-state index is -1.06. The highest BCUT2D eigenvalue weighted by Crippen LogP contribution is 2.18. The van der Waals surface area contributed by atoms with Crippen LogP contribution in [0.3, 0.4) is 0 Å². The molecule has 1 aromatic rings. The fraction of sp³-hybridized carbons (Fsp3) is 0.462. The van der Waals surface area contributed by atoms with Crippen molar-refractivity contribution in [2.24, 2.45) is 0 Å². The minimum absolute atomic E-state index is 0.0108. The number of rotatable bonds is 6. The van der Waals surface area contributed by atoms with Gasteiger partial charge in [0.2, 0.25) is 5.91 Å². The number of thiophene rings is 1. The first-order valence-corrected chi connectivity index (χ1v) is 7.08. The molecule has 1 heterocycles. The molecule has 2 N–H and O–H groups in total. The molecule has 0 atom stereocenters. The van der Waals surface area contributed by atoms with E-state index in [9.17, 15) is 14.4 Å². The van der Waals surface area contributed by atoms with Gasteiger partial charge in [-0.25, -0.2) is 4.79 Å². The molecule has 1 aromatic heterocycles. The first-order valence-electron chi connectivity index (χ1n) is 6.27. The van der Waals surface area contributed by atoms with Gasteiger partial charge in [-0.1, -0.05) is 0 Å². The summed E-state index contributed by atoms with van der Waals surface area (Å²) in [6.07, 6.45) is 0. The topological polar surface area (TPSA) is 86.7 Å². The van der Waals surface area contributed by atoms with E-state index in [2.05, 4.69) is 5.32 Å². The van der Waals surface area contributed by atoms with Crippen LogP contribution >= 0.6 is 11.3 Å². The fourth-order valence-corrected chi connectivity index (χ4v) is 2.40. The summed E-state index contributed by atoms with van der Waals surface area (Å²) in [6.45, 7) is 5.80. The molecule has 0 spiro atoms. The van der Waals surface area contributed by atoms with Crippen molar-refractivity contribution >= 4 is 29.1 Å². The van der Waals surface area contributed by atoms with Crippen molar-refractivity contribution in [3.63, 3.8) is 0 Å². The molecule has 110 valence electrons. The van der Waals surface area contributed by atoms with Crippen LogP contribution in [-0.2, 0) is 4.79 Å². The summed E-state index contributed by atoms with van der Waals surface area (Å²) in [4.78, 5) is 36.5. The van der Waals surface area contributed by atoms with Gasteiger partial charge in [-0.05, 0) is 32.9 Å². The van der Waals surface area contributed by atoms with Crippen molar-refractivity contribution < 1.29 is 19.5 Å². The van der Waals surface area contributed by atoms with Crippen LogP contribution in [0.15, 0.2) is 12.1 Å². The number of hydrogen-bond donors (Lipinski definition) is 2. The summed E-state index contributed by atoms with van der Waals surface area (Å²) in [5.41, 5.74) is 0. The van der Waals surface area contributed by atoms with Crippen molar-refractivity contribution in [2.75, 3.05) is 13.1 Å². The summed E-state index contributed by atoms with van der Waals surface area (Å²) in [6, 6.07) is 2.87. The van der Waals surface area contributed by atoms with Crippen LogP contribution in [0.1, 0.15) is 40.1 Å². The van der Waals surface area contributed by atoms with Crippen LogP contribution in [0.2, 0.25) is 0 Å². The van der Waals surface area contributed by atoms with E-state index in [-0.39, 0.29) is 29.3 Å². The van der Waals surface area contributed by atoms with Gasteiger partial charge in [0.15, 0.2) is 0 Å². The van der Waals surface area contributed by atoms with E-state index < -0.39 is 5.97 Å². The quantitative estimate of drug-likeness (QED) is 0.832. The average molecular weight is 298 g/mol. The molecule has 7 heteroatoms. The lowest BCUT2D eigenvalue weighted by Gasteiger charge is -2.20. The second-order valence-corrected chi connectivity index (χ2v) is 5.59. The molecule has 2 amide bonds. The number of amides is 2. The maximum atomic E-state index is 12.2. The Balaban J connectivity index is 2.75. The molecule has 0 unspecified atom stereocenters. The second-order valence-electron chi connectivity index (χ2n) is 4.51. The van der Waals surface area contributed by atoms with E-state index in [0.717, 1.165) is 11.3 Å². The molecule has 0 aliphatic rings. The number of carboxylic acid groups (broad SMARTS) is 1. The largest absolute Gasteiger partial charge is 0.477 e. The third-order valence-corrected chi connectivity index (χ3v) is 3.54. The monoisotopic (exact) mass is 298 g/mol. The zero-order chi connectivity index (χ0) is 15.3. The van der Waals surface area contributed by atoms with Crippen LogP contribution < -0.4 is 5.32 Å². The predicted octanol–water partition coefficient (Wildman–Crippen LogP) is 1.43. The van der Waals surface area contributed by atoms with Gasteiger partial charge in [0.05, 0.1) is 11.4 Å². The Hall–Kier alpha value is -1.89. The van der Waals surface area contributed by atoms with E-state index in [1.165, 1.54) is 17.0 Å². The highest BCUT2D eigenvalue weighted by atomic mass is 32.1. The molecule has 20 heavy (non-hydrogen) atoms. The number of hydrogen-bond acceptors (Lipinski definition) is 4. The summed E-state index contributed by atoms with van der Waals surface area (Å²) in [5.74, 6) is -1.62. The Morgan fingerprint density at radius 1 is 1.30 bits per heavy atom. The molecule has 0 fully saturated rings. The molecule has 0 radical (unpaired) electrons. The summed E-state index contributed by atoms with van der Waals surface area (Å²) >= 11 is 0.911. The maximum absolute atomic E-state index is 12.2. The fourth-order valence-electron chi connectivity index (χ4n) is 1.59. The van der Waals surface area contributed by atoms with Gasteiger partial charge in [-0.15, -0.1) is 11.3 Å². The van der Waals surface area contributed by atoms with Crippen LogP contribution in [0, 0.1) is 0 Å².